The molecule has 3 rings (SSSR count). The molecule has 2 amide bonds. The van der Waals surface area contributed by atoms with Gasteiger partial charge in [0.05, 0.1) is 17.5 Å². The smallest absolute Gasteiger partial charge is 0.251 e. The maximum absolute atomic E-state index is 12.4. The number of nitrogens with one attached hydrogen (secondary N) is 2. The van der Waals surface area contributed by atoms with E-state index < -0.39 is 0 Å². The molecule has 2 aromatic carbocycles. The predicted molar refractivity (Wildman–Crippen MR) is 95.8 cm³/mol. The Kier molecular flexibility index (Phi) is 4.73. The second-order valence-electron chi connectivity index (χ2n) is 5.29. The number of hydrogen-bond acceptors (Lipinski definition) is 3. The normalized spacial score (nSPS) is 14.6. The maximum Gasteiger partial charge on any atom is 0.251 e. The van der Waals surface area contributed by atoms with Crippen molar-refractivity contribution in [3.63, 3.8) is 0 Å². The zero-order valence-corrected chi connectivity index (χ0v) is 14.8. The summed E-state index contributed by atoms with van der Waals surface area (Å²) in [6, 6.07) is 13.1. The van der Waals surface area contributed by atoms with E-state index in [1.54, 1.807) is 12.1 Å². The van der Waals surface area contributed by atoms with Gasteiger partial charge in [-0.1, -0.05) is 28.1 Å². The molecule has 1 aliphatic heterocycles. The first-order chi connectivity index (χ1) is 11.0. The molecule has 2 aromatic rings. The molecule has 2 N–H and O–H groups in total. The molecular formula is C17H15BrN2O2S. The Morgan fingerprint density at radius 2 is 2.00 bits per heavy atom. The van der Waals surface area contributed by atoms with E-state index in [1.165, 1.54) is 11.8 Å². The quantitative estimate of drug-likeness (QED) is 0.832. The zero-order valence-electron chi connectivity index (χ0n) is 12.4. The molecule has 0 saturated carbocycles. The monoisotopic (exact) mass is 390 g/mol. The Hall–Kier alpha value is -1.79. The van der Waals surface area contributed by atoms with E-state index in [0.29, 0.717) is 17.0 Å². The molecule has 0 aliphatic carbocycles. The van der Waals surface area contributed by atoms with E-state index in [4.69, 9.17) is 0 Å². The van der Waals surface area contributed by atoms with Crippen molar-refractivity contribution in [2.24, 2.45) is 0 Å². The minimum atomic E-state index is -0.159. The fourth-order valence-corrected chi connectivity index (χ4v) is 3.39. The summed E-state index contributed by atoms with van der Waals surface area (Å²) >= 11 is 4.88. The minimum absolute atomic E-state index is 0.0386. The van der Waals surface area contributed by atoms with E-state index >= 15 is 0 Å². The van der Waals surface area contributed by atoms with E-state index in [-0.39, 0.29) is 17.9 Å². The van der Waals surface area contributed by atoms with Crippen molar-refractivity contribution in [2.45, 2.75) is 17.9 Å². The van der Waals surface area contributed by atoms with Gasteiger partial charge in [0.2, 0.25) is 5.91 Å². The Labute approximate surface area is 147 Å². The standard InChI is InChI=1S/C17H15BrN2O2S/c1-10(11-2-5-13(18)6-3-11)19-17(22)12-4-7-15-14(8-12)20-16(21)9-23-15/h2-8,10H,9H2,1H3,(H,19,22)(H,20,21). The summed E-state index contributed by atoms with van der Waals surface area (Å²) in [5, 5.41) is 5.78. The van der Waals surface area contributed by atoms with Gasteiger partial charge in [0.15, 0.2) is 0 Å². The van der Waals surface area contributed by atoms with Crippen molar-refractivity contribution in [2.75, 3.05) is 11.1 Å². The average molecular weight is 391 g/mol. The topological polar surface area (TPSA) is 58.2 Å². The van der Waals surface area contributed by atoms with Gasteiger partial charge in [-0.25, -0.2) is 0 Å². The van der Waals surface area contributed by atoms with Gasteiger partial charge < -0.3 is 10.6 Å². The van der Waals surface area contributed by atoms with Crippen molar-refractivity contribution in [3.05, 3.63) is 58.1 Å². The van der Waals surface area contributed by atoms with E-state index in [2.05, 4.69) is 26.6 Å². The number of hydrogen-bond donors (Lipinski definition) is 2. The second kappa shape index (κ2) is 6.76. The van der Waals surface area contributed by atoms with Gasteiger partial charge in [0, 0.05) is 14.9 Å². The molecule has 1 unspecified atom stereocenters. The number of benzene rings is 2. The Balaban J connectivity index is 1.74. The largest absolute Gasteiger partial charge is 0.346 e. The Morgan fingerprint density at radius 1 is 1.26 bits per heavy atom. The summed E-state index contributed by atoms with van der Waals surface area (Å²) in [7, 11) is 0. The molecule has 1 aliphatic rings. The van der Waals surface area contributed by atoms with Crippen LogP contribution < -0.4 is 10.6 Å². The van der Waals surface area contributed by atoms with Gasteiger partial charge in [-0.3, -0.25) is 9.59 Å². The fraction of sp³-hybridized carbons (Fsp3) is 0.176. The number of fused-ring (bicyclic) bond motifs is 1. The number of halogens is 1. The van der Waals surface area contributed by atoms with Gasteiger partial charge in [-0.15, -0.1) is 11.8 Å². The van der Waals surface area contributed by atoms with E-state index in [0.717, 1.165) is 14.9 Å². The molecule has 0 bridgehead atoms. The summed E-state index contributed by atoms with van der Waals surface area (Å²) in [5.74, 6) is 0.218. The molecular weight excluding hydrogens is 376 g/mol. The van der Waals surface area contributed by atoms with Crippen LogP contribution in [0.3, 0.4) is 0 Å². The molecule has 6 heteroatoms. The highest BCUT2D eigenvalue weighted by molar-refractivity contribution is 9.10. The maximum atomic E-state index is 12.4. The molecule has 0 fully saturated rings. The first kappa shape index (κ1) is 16.1. The van der Waals surface area contributed by atoms with E-state index in [9.17, 15) is 9.59 Å². The summed E-state index contributed by atoms with van der Waals surface area (Å²) in [4.78, 5) is 24.9. The zero-order chi connectivity index (χ0) is 16.4. The average Bonchev–Trinajstić information content (AvgIpc) is 2.54. The first-order valence-corrected chi connectivity index (χ1v) is 8.94. The van der Waals surface area contributed by atoms with Gasteiger partial charge in [-0.2, -0.15) is 0 Å². The molecule has 23 heavy (non-hydrogen) atoms. The number of thioether (sulfide) groups is 1. The molecule has 0 saturated heterocycles. The third kappa shape index (κ3) is 3.76. The second-order valence-corrected chi connectivity index (χ2v) is 7.23. The number of amides is 2. The van der Waals surface area contributed by atoms with Crippen molar-refractivity contribution in [1.29, 1.82) is 0 Å². The number of carbonyl (C=O) groups is 2. The number of rotatable bonds is 3. The van der Waals surface area contributed by atoms with Crippen LogP contribution >= 0.6 is 27.7 Å². The van der Waals surface area contributed by atoms with E-state index in [1.807, 2.05) is 37.3 Å². The minimum Gasteiger partial charge on any atom is -0.346 e. The summed E-state index contributed by atoms with van der Waals surface area (Å²) in [5.41, 5.74) is 2.27. The summed E-state index contributed by atoms with van der Waals surface area (Å²) in [6.07, 6.45) is 0. The van der Waals surface area contributed by atoms with Crippen LogP contribution in [0.4, 0.5) is 5.69 Å². The van der Waals surface area contributed by atoms with Crippen LogP contribution in [0.15, 0.2) is 51.8 Å². The van der Waals surface area contributed by atoms with Crippen LogP contribution in [0.25, 0.3) is 0 Å². The Bertz CT molecular complexity index is 762. The highest BCUT2D eigenvalue weighted by Crippen LogP contribution is 2.32. The SMILES string of the molecule is CC(NC(=O)c1ccc2c(c1)NC(=O)CS2)c1ccc(Br)cc1. The Morgan fingerprint density at radius 3 is 2.74 bits per heavy atom. The molecule has 1 atom stereocenters. The predicted octanol–water partition coefficient (Wildman–Crippen LogP) is 3.98. The van der Waals surface area contributed by atoms with Crippen molar-refractivity contribution in [1.82, 2.24) is 5.32 Å². The van der Waals surface area contributed by atoms with Crippen LogP contribution in [-0.4, -0.2) is 17.6 Å². The van der Waals surface area contributed by atoms with Crippen LogP contribution in [-0.2, 0) is 4.79 Å². The highest BCUT2D eigenvalue weighted by Gasteiger charge is 2.18. The molecule has 4 nitrogen and oxygen atoms in total. The van der Waals surface area contributed by atoms with Crippen LogP contribution in [0.2, 0.25) is 0 Å². The van der Waals surface area contributed by atoms with Crippen LogP contribution in [0.5, 0.6) is 0 Å². The molecule has 0 aromatic heterocycles. The molecule has 0 spiro atoms. The molecule has 0 radical (unpaired) electrons. The number of anilines is 1. The van der Waals surface area contributed by atoms with Gasteiger partial charge in [0.25, 0.3) is 5.91 Å². The van der Waals surface area contributed by atoms with Gasteiger partial charge in [-0.05, 0) is 42.8 Å². The van der Waals surface area contributed by atoms with Crippen molar-refractivity contribution in [3.8, 4) is 0 Å². The van der Waals surface area contributed by atoms with Gasteiger partial charge >= 0.3 is 0 Å². The number of carbonyl (C=O) groups excluding carboxylic acids is 2. The summed E-state index contributed by atoms with van der Waals surface area (Å²) in [6.45, 7) is 1.94. The lowest BCUT2D eigenvalue weighted by atomic mass is 10.1. The van der Waals surface area contributed by atoms with Crippen LogP contribution in [0.1, 0.15) is 28.9 Å². The lowest BCUT2D eigenvalue weighted by molar-refractivity contribution is -0.113. The highest BCUT2D eigenvalue weighted by atomic mass is 79.9. The van der Waals surface area contributed by atoms with Crippen molar-refractivity contribution >= 4 is 45.2 Å². The summed E-state index contributed by atoms with van der Waals surface area (Å²) < 4.78 is 1.00. The van der Waals surface area contributed by atoms with Crippen LogP contribution in [0, 0.1) is 0 Å². The van der Waals surface area contributed by atoms with Crippen molar-refractivity contribution < 1.29 is 9.59 Å². The lowest BCUT2D eigenvalue weighted by Gasteiger charge is -2.18. The van der Waals surface area contributed by atoms with Gasteiger partial charge in [0.1, 0.15) is 0 Å². The third-order valence-electron chi connectivity index (χ3n) is 3.59. The third-order valence-corrected chi connectivity index (χ3v) is 5.19. The lowest BCUT2D eigenvalue weighted by Crippen LogP contribution is -2.27. The molecule has 118 valence electrons. The fourth-order valence-electron chi connectivity index (χ4n) is 2.34. The first-order valence-electron chi connectivity index (χ1n) is 7.16. The molecule has 1 heterocycles.